The van der Waals surface area contributed by atoms with Gasteiger partial charge in [0.1, 0.15) is 26.7 Å². The number of nitrogens with zero attached hydrogens (tertiary/aromatic N) is 3. The third-order valence-electron chi connectivity index (χ3n) is 7.58. The van der Waals surface area contributed by atoms with Crippen molar-refractivity contribution in [2.75, 3.05) is 20.6 Å². The molecule has 2 atom stereocenters. The molecule has 2 aromatic carbocycles. The molecule has 216 valence electrons. The number of hydrogen-bond donors (Lipinski definition) is 3. The van der Waals surface area contributed by atoms with E-state index in [9.17, 15) is 9.59 Å². The average molecular weight is 583 g/mol. The number of carbonyl (C=O) groups is 2. The van der Waals surface area contributed by atoms with Crippen molar-refractivity contribution in [3.8, 4) is 17.2 Å². The lowest BCUT2D eigenvalue weighted by Gasteiger charge is -2.23. The van der Waals surface area contributed by atoms with E-state index in [0.29, 0.717) is 22.4 Å². The Morgan fingerprint density at radius 1 is 1.10 bits per heavy atom. The van der Waals surface area contributed by atoms with Crippen LogP contribution in [0.4, 0.5) is 0 Å². The van der Waals surface area contributed by atoms with E-state index in [1.165, 1.54) is 11.3 Å². The summed E-state index contributed by atoms with van der Waals surface area (Å²) in [6.07, 6.45) is 4.37. The molecular formula is C32H34N6O3S. The smallest absolute Gasteiger partial charge is 0.263 e. The van der Waals surface area contributed by atoms with E-state index in [1.54, 1.807) is 6.20 Å². The quantitative estimate of drug-likeness (QED) is 0.246. The van der Waals surface area contributed by atoms with Crippen LogP contribution in [0.15, 0.2) is 60.8 Å². The first kappa shape index (κ1) is 27.7. The number of amides is 2. The largest absolute Gasteiger partial charge is 0.457 e. The first-order valence-electron chi connectivity index (χ1n) is 14.0. The number of carbonyl (C=O) groups excluding carboxylic acids is 2. The predicted octanol–water partition coefficient (Wildman–Crippen LogP) is 4.69. The molecule has 1 saturated carbocycles. The van der Waals surface area contributed by atoms with Crippen LogP contribution in [-0.2, 0) is 4.79 Å². The highest BCUT2D eigenvalue weighted by molar-refractivity contribution is 7.21. The van der Waals surface area contributed by atoms with Crippen LogP contribution in [-0.4, -0.2) is 64.0 Å². The fraction of sp³-hybridized carbons (Fsp3) is 0.281. The Kier molecular flexibility index (Phi) is 7.57. The number of para-hydroxylation sites is 1. The van der Waals surface area contributed by atoms with Gasteiger partial charge in [0.25, 0.3) is 5.91 Å². The number of hydrogen-bond acceptors (Lipinski definition) is 6. The van der Waals surface area contributed by atoms with Crippen molar-refractivity contribution in [2.45, 2.75) is 38.3 Å². The van der Waals surface area contributed by atoms with Crippen molar-refractivity contribution in [1.29, 1.82) is 0 Å². The molecule has 0 aliphatic heterocycles. The zero-order chi connectivity index (χ0) is 29.4. The summed E-state index contributed by atoms with van der Waals surface area (Å²) in [7, 11) is 3.73. The van der Waals surface area contributed by atoms with E-state index in [1.807, 2.05) is 80.5 Å². The Bertz CT molecular complexity index is 1840. The second-order valence-electron chi connectivity index (χ2n) is 11.0. The number of likely N-dealkylation sites (N-methyl/N-ethyl adjacent to an activating group) is 1. The number of thiophene rings is 1. The van der Waals surface area contributed by atoms with Crippen molar-refractivity contribution in [2.24, 2.45) is 0 Å². The molecule has 0 radical (unpaired) electrons. The minimum Gasteiger partial charge on any atom is -0.457 e. The second kappa shape index (κ2) is 11.5. The predicted molar refractivity (Wildman–Crippen MR) is 167 cm³/mol. The van der Waals surface area contributed by atoms with Gasteiger partial charge in [0.05, 0.1) is 28.7 Å². The van der Waals surface area contributed by atoms with Crippen LogP contribution < -0.4 is 20.9 Å². The van der Waals surface area contributed by atoms with Crippen LogP contribution in [0.1, 0.15) is 34.5 Å². The normalized spacial score (nSPS) is 16.8. The van der Waals surface area contributed by atoms with Crippen LogP contribution in [0.2, 0.25) is 0 Å². The summed E-state index contributed by atoms with van der Waals surface area (Å²) >= 11 is 1.36. The number of H-pyrrole nitrogens is 1. The maximum Gasteiger partial charge on any atom is 0.263 e. The molecule has 1 unspecified atom stereocenters. The van der Waals surface area contributed by atoms with Crippen molar-refractivity contribution < 1.29 is 14.3 Å². The van der Waals surface area contributed by atoms with Gasteiger partial charge in [-0.05, 0) is 82.2 Å². The molecule has 3 heterocycles. The number of aryl methyl sites for hydroxylation is 1. The molecule has 10 heteroatoms. The number of aromatic nitrogens is 3. The Morgan fingerprint density at radius 3 is 2.60 bits per heavy atom. The van der Waals surface area contributed by atoms with Gasteiger partial charge in [-0.25, -0.2) is 4.98 Å². The number of ether oxygens (including phenoxy) is 1. The summed E-state index contributed by atoms with van der Waals surface area (Å²) in [6, 6.07) is 17.4. The minimum absolute atomic E-state index is 0.0371. The molecule has 9 nitrogen and oxygen atoms in total. The Balaban J connectivity index is 1.31. The summed E-state index contributed by atoms with van der Waals surface area (Å²) in [5, 5.41) is 7.17. The SMILES string of the molecule is C=c1[nH]c2c(C(=O)N[C@H]3CCCC3NC(=O)CN(C)C)sc3nccc(c32)n1-c1ccc(Oc2ccccc2)cc1C. The van der Waals surface area contributed by atoms with Gasteiger partial charge in [0.2, 0.25) is 5.91 Å². The highest BCUT2D eigenvalue weighted by Crippen LogP contribution is 2.35. The van der Waals surface area contributed by atoms with Crippen molar-refractivity contribution in [1.82, 2.24) is 30.1 Å². The first-order valence-corrected chi connectivity index (χ1v) is 14.9. The summed E-state index contributed by atoms with van der Waals surface area (Å²) in [4.78, 5) is 37.2. The van der Waals surface area contributed by atoms with Gasteiger partial charge in [0, 0.05) is 18.3 Å². The molecule has 3 N–H and O–H groups in total. The molecule has 2 amide bonds. The fourth-order valence-corrected chi connectivity index (χ4v) is 6.76. The van der Waals surface area contributed by atoms with Crippen LogP contribution >= 0.6 is 11.3 Å². The van der Waals surface area contributed by atoms with Crippen molar-refractivity contribution in [3.63, 3.8) is 0 Å². The average Bonchev–Trinajstić information content (AvgIpc) is 3.54. The molecular weight excluding hydrogens is 548 g/mol. The number of aromatic amines is 1. The molecule has 1 aliphatic rings. The topological polar surface area (TPSA) is 104 Å². The highest BCUT2D eigenvalue weighted by Gasteiger charge is 2.31. The lowest BCUT2D eigenvalue weighted by molar-refractivity contribution is -0.122. The maximum absolute atomic E-state index is 13.6. The molecule has 0 saturated heterocycles. The van der Waals surface area contributed by atoms with Gasteiger partial charge in [-0.15, -0.1) is 11.3 Å². The van der Waals surface area contributed by atoms with Crippen LogP contribution in [0.3, 0.4) is 0 Å². The van der Waals surface area contributed by atoms with Gasteiger partial charge in [-0.2, -0.15) is 0 Å². The number of nitrogens with one attached hydrogen (secondary N) is 3. The molecule has 5 aromatic rings. The molecule has 0 spiro atoms. The summed E-state index contributed by atoms with van der Waals surface area (Å²) < 4.78 is 8.09. The van der Waals surface area contributed by atoms with Gasteiger partial charge in [-0.1, -0.05) is 24.8 Å². The zero-order valence-corrected chi connectivity index (χ0v) is 24.8. The van der Waals surface area contributed by atoms with E-state index >= 15 is 0 Å². The fourth-order valence-electron chi connectivity index (χ4n) is 5.74. The van der Waals surface area contributed by atoms with E-state index in [4.69, 9.17) is 4.74 Å². The minimum atomic E-state index is -0.176. The lowest BCUT2D eigenvalue weighted by Crippen LogP contribution is -2.50. The van der Waals surface area contributed by atoms with Crippen LogP contribution in [0.25, 0.3) is 33.5 Å². The third kappa shape index (κ3) is 5.43. The van der Waals surface area contributed by atoms with Gasteiger partial charge in [0.15, 0.2) is 0 Å². The lowest BCUT2D eigenvalue weighted by atomic mass is 10.1. The van der Waals surface area contributed by atoms with Gasteiger partial charge in [-0.3, -0.25) is 14.2 Å². The molecule has 42 heavy (non-hydrogen) atoms. The third-order valence-corrected chi connectivity index (χ3v) is 8.68. The zero-order valence-electron chi connectivity index (χ0n) is 23.9. The number of benzene rings is 2. The monoisotopic (exact) mass is 582 g/mol. The summed E-state index contributed by atoms with van der Waals surface area (Å²) in [5.41, 5.74) is 4.22. The van der Waals surface area contributed by atoms with E-state index < -0.39 is 0 Å². The Morgan fingerprint density at radius 2 is 1.86 bits per heavy atom. The summed E-state index contributed by atoms with van der Waals surface area (Å²) in [6.45, 7) is 6.68. The molecule has 0 bridgehead atoms. The Labute approximate surface area is 247 Å². The van der Waals surface area contributed by atoms with E-state index in [-0.39, 0.29) is 23.9 Å². The molecule has 1 aliphatic carbocycles. The number of pyridine rings is 1. The Hall–Kier alpha value is -4.41. The van der Waals surface area contributed by atoms with Gasteiger partial charge < -0.3 is 25.3 Å². The number of rotatable bonds is 8. The highest BCUT2D eigenvalue weighted by atomic mass is 32.1. The van der Waals surface area contributed by atoms with Crippen LogP contribution in [0, 0.1) is 6.92 Å². The van der Waals surface area contributed by atoms with Gasteiger partial charge >= 0.3 is 0 Å². The van der Waals surface area contributed by atoms with Crippen LogP contribution in [0.5, 0.6) is 11.5 Å². The molecule has 1 fully saturated rings. The van der Waals surface area contributed by atoms with Crippen molar-refractivity contribution in [3.05, 3.63) is 76.7 Å². The van der Waals surface area contributed by atoms with E-state index in [0.717, 1.165) is 57.7 Å². The summed E-state index contributed by atoms with van der Waals surface area (Å²) in [5.74, 6) is 1.31. The first-order chi connectivity index (χ1) is 20.3. The van der Waals surface area contributed by atoms with Crippen molar-refractivity contribution >= 4 is 51.0 Å². The molecule has 6 rings (SSSR count). The second-order valence-corrected chi connectivity index (χ2v) is 12.0. The maximum atomic E-state index is 13.6. The van der Waals surface area contributed by atoms with E-state index in [2.05, 4.69) is 31.7 Å². The standard InChI is InChI=1S/C32H34N6O3S/c1-19-17-22(41-21-9-6-5-7-10-21)13-14-25(19)38-20(2)34-29-28-26(38)15-16-33-32(28)42-30(29)31(40)36-24-12-8-11-23(24)35-27(39)18-37(3)4/h5-7,9-10,13-17,23-24,34H,2,8,11-12,18H2,1,3-4H3,(H,35,39)(H,36,40)/t23?,24-/m0/s1. The molecule has 3 aromatic heterocycles.